The van der Waals surface area contributed by atoms with Gasteiger partial charge in [0.25, 0.3) is 5.91 Å². The molecule has 0 saturated carbocycles. The second-order valence-corrected chi connectivity index (χ2v) is 4.80. The minimum absolute atomic E-state index is 0.124. The summed E-state index contributed by atoms with van der Waals surface area (Å²) in [7, 11) is 0. The molecule has 0 aliphatic rings. The highest BCUT2D eigenvalue weighted by atomic mass is 16.3. The van der Waals surface area contributed by atoms with Crippen LogP contribution in [0.1, 0.15) is 24.2 Å². The van der Waals surface area contributed by atoms with Gasteiger partial charge in [0.05, 0.1) is 17.8 Å². The molecule has 0 aliphatic heterocycles. The quantitative estimate of drug-likeness (QED) is 0.818. The molecule has 0 radical (unpaired) electrons. The Balaban J connectivity index is 2.13. The molecule has 19 heavy (non-hydrogen) atoms. The largest absolute Gasteiger partial charge is 0.394 e. The molecule has 0 fully saturated rings. The van der Waals surface area contributed by atoms with Crippen LogP contribution in [0.4, 0.5) is 0 Å². The maximum atomic E-state index is 11.9. The summed E-state index contributed by atoms with van der Waals surface area (Å²) in [6, 6.07) is 6.86. The molecular weight excluding hydrogens is 246 g/mol. The van der Waals surface area contributed by atoms with Crippen LogP contribution < -0.4 is 5.32 Å². The number of aliphatic hydroxyl groups excluding tert-OH is 1. The van der Waals surface area contributed by atoms with Crippen molar-refractivity contribution in [1.82, 2.24) is 25.5 Å². The van der Waals surface area contributed by atoms with Crippen molar-refractivity contribution in [3.8, 4) is 5.69 Å². The van der Waals surface area contributed by atoms with Crippen LogP contribution in [0.2, 0.25) is 0 Å². The van der Waals surface area contributed by atoms with Crippen molar-refractivity contribution in [3.63, 3.8) is 0 Å². The molecule has 0 unspecified atom stereocenters. The van der Waals surface area contributed by atoms with Crippen LogP contribution in [0, 0.1) is 0 Å². The first-order valence-corrected chi connectivity index (χ1v) is 5.79. The summed E-state index contributed by atoms with van der Waals surface area (Å²) in [4.78, 5) is 11.9. The fourth-order valence-corrected chi connectivity index (χ4v) is 1.46. The minimum atomic E-state index is -0.647. The van der Waals surface area contributed by atoms with Crippen LogP contribution in [0.15, 0.2) is 30.6 Å². The number of amides is 1. The zero-order valence-electron chi connectivity index (χ0n) is 10.7. The maximum Gasteiger partial charge on any atom is 0.251 e. The van der Waals surface area contributed by atoms with E-state index in [1.807, 2.05) is 0 Å². The van der Waals surface area contributed by atoms with Crippen molar-refractivity contribution in [1.29, 1.82) is 0 Å². The van der Waals surface area contributed by atoms with E-state index in [0.29, 0.717) is 5.56 Å². The Labute approximate surface area is 110 Å². The molecule has 0 bridgehead atoms. The summed E-state index contributed by atoms with van der Waals surface area (Å²) in [6.45, 7) is 3.38. The van der Waals surface area contributed by atoms with Crippen molar-refractivity contribution in [2.75, 3.05) is 6.61 Å². The predicted octanol–water partition coefficient (Wildman–Crippen LogP) is 0.163. The van der Waals surface area contributed by atoms with Gasteiger partial charge in [-0.3, -0.25) is 4.79 Å². The molecular formula is C12H15N5O2. The summed E-state index contributed by atoms with van der Waals surface area (Å²) in [5.74, 6) is -0.234. The average Bonchev–Trinajstić information content (AvgIpc) is 2.92. The minimum Gasteiger partial charge on any atom is -0.394 e. The van der Waals surface area contributed by atoms with Gasteiger partial charge in [0.1, 0.15) is 6.33 Å². The Hall–Kier alpha value is -2.28. The van der Waals surface area contributed by atoms with Crippen LogP contribution in [0.5, 0.6) is 0 Å². The zero-order chi connectivity index (χ0) is 13.9. The molecule has 0 saturated heterocycles. The van der Waals surface area contributed by atoms with E-state index in [9.17, 15) is 4.79 Å². The van der Waals surface area contributed by atoms with Gasteiger partial charge in [-0.25, -0.2) is 4.68 Å². The lowest BCUT2D eigenvalue weighted by Gasteiger charge is -2.23. The van der Waals surface area contributed by atoms with Gasteiger partial charge in [-0.2, -0.15) is 0 Å². The standard InChI is InChI=1S/C12H15N5O2/c1-12(2,7-18)14-11(19)9-3-5-10(6-4-9)17-8-13-15-16-17/h3-6,8,18H,7H2,1-2H3,(H,14,19). The number of nitrogens with zero attached hydrogens (tertiary/aromatic N) is 4. The second kappa shape index (κ2) is 5.15. The van der Waals surface area contributed by atoms with E-state index in [0.717, 1.165) is 5.69 Å². The Kier molecular flexibility index (Phi) is 3.57. The number of benzene rings is 1. The normalized spacial score (nSPS) is 11.3. The van der Waals surface area contributed by atoms with Gasteiger partial charge in [0.2, 0.25) is 0 Å². The zero-order valence-corrected chi connectivity index (χ0v) is 10.7. The SMILES string of the molecule is CC(C)(CO)NC(=O)c1ccc(-n2cnnn2)cc1. The van der Waals surface area contributed by atoms with Crippen molar-refractivity contribution in [2.24, 2.45) is 0 Å². The molecule has 1 aromatic carbocycles. The average molecular weight is 261 g/mol. The number of nitrogens with one attached hydrogen (secondary N) is 1. The Morgan fingerprint density at radius 2 is 2.05 bits per heavy atom. The first kappa shape index (κ1) is 13.2. The number of aromatic nitrogens is 4. The lowest BCUT2D eigenvalue weighted by molar-refractivity contribution is 0.0869. The molecule has 100 valence electrons. The van der Waals surface area contributed by atoms with Crippen LogP contribution in [-0.4, -0.2) is 43.4 Å². The number of hydrogen-bond acceptors (Lipinski definition) is 5. The summed E-state index contributed by atoms with van der Waals surface area (Å²) in [6.07, 6.45) is 1.48. The van der Waals surface area contributed by atoms with Gasteiger partial charge in [-0.15, -0.1) is 5.10 Å². The summed E-state index contributed by atoms with van der Waals surface area (Å²) in [5, 5.41) is 22.7. The fourth-order valence-electron chi connectivity index (χ4n) is 1.46. The number of aliphatic hydroxyl groups is 1. The van der Waals surface area contributed by atoms with E-state index >= 15 is 0 Å². The molecule has 1 heterocycles. The third-order valence-electron chi connectivity index (χ3n) is 2.59. The first-order valence-electron chi connectivity index (χ1n) is 5.79. The smallest absolute Gasteiger partial charge is 0.251 e. The van der Waals surface area contributed by atoms with E-state index in [4.69, 9.17) is 5.11 Å². The molecule has 0 spiro atoms. The summed E-state index contributed by atoms with van der Waals surface area (Å²) >= 11 is 0. The van der Waals surface area contributed by atoms with Gasteiger partial charge in [0, 0.05) is 5.56 Å². The lowest BCUT2D eigenvalue weighted by atomic mass is 10.1. The third kappa shape index (κ3) is 3.14. The van der Waals surface area contributed by atoms with Crippen molar-refractivity contribution in [3.05, 3.63) is 36.2 Å². The van der Waals surface area contributed by atoms with Crippen molar-refractivity contribution >= 4 is 5.91 Å². The predicted molar refractivity (Wildman–Crippen MR) is 67.8 cm³/mol. The fraction of sp³-hybridized carbons (Fsp3) is 0.333. The third-order valence-corrected chi connectivity index (χ3v) is 2.59. The Morgan fingerprint density at radius 1 is 1.37 bits per heavy atom. The van der Waals surface area contributed by atoms with Crippen molar-refractivity contribution < 1.29 is 9.90 Å². The molecule has 1 aromatic heterocycles. The van der Waals surface area contributed by atoms with Gasteiger partial charge >= 0.3 is 0 Å². The Morgan fingerprint density at radius 3 is 2.58 bits per heavy atom. The highest BCUT2D eigenvalue weighted by Gasteiger charge is 2.19. The summed E-state index contributed by atoms with van der Waals surface area (Å²) in [5.41, 5.74) is 0.632. The first-order chi connectivity index (χ1) is 9.02. The van der Waals surface area contributed by atoms with Crippen LogP contribution in [-0.2, 0) is 0 Å². The highest BCUT2D eigenvalue weighted by molar-refractivity contribution is 5.94. The number of carbonyl (C=O) groups excluding carboxylic acids is 1. The monoisotopic (exact) mass is 261 g/mol. The number of carbonyl (C=O) groups is 1. The van der Waals surface area contributed by atoms with E-state index in [1.54, 1.807) is 38.1 Å². The van der Waals surface area contributed by atoms with Gasteiger partial charge in [0.15, 0.2) is 0 Å². The van der Waals surface area contributed by atoms with E-state index in [1.165, 1.54) is 11.0 Å². The van der Waals surface area contributed by atoms with Gasteiger partial charge in [-0.1, -0.05) is 0 Å². The number of tetrazole rings is 1. The van der Waals surface area contributed by atoms with Gasteiger partial charge in [-0.05, 0) is 48.5 Å². The molecule has 0 atom stereocenters. The second-order valence-electron chi connectivity index (χ2n) is 4.80. The topological polar surface area (TPSA) is 92.9 Å². The van der Waals surface area contributed by atoms with E-state index in [2.05, 4.69) is 20.8 Å². The molecule has 1 amide bonds. The summed E-state index contributed by atoms with van der Waals surface area (Å²) < 4.78 is 1.50. The van der Waals surface area contributed by atoms with Crippen LogP contribution in [0.25, 0.3) is 5.69 Å². The molecule has 2 aromatic rings. The van der Waals surface area contributed by atoms with Gasteiger partial charge < -0.3 is 10.4 Å². The Bertz CT molecular complexity index is 548. The molecule has 0 aliphatic carbocycles. The van der Waals surface area contributed by atoms with Crippen LogP contribution in [0.3, 0.4) is 0 Å². The molecule has 2 N–H and O–H groups in total. The van der Waals surface area contributed by atoms with Crippen LogP contribution >= 0.6 is 0 Å². The highest BCUT2D eigenvalue weighted by Crippen LogP contribution is 2.09. The number of rotatable bonds is 4. The lowest BCUT2D eigenvalue weighted by Crippen LogP contribution is -2.46. The number of hydrogen-bond donors (Lipinski definition) is 2. The molecule has 2 rings (SSSR count). The van der Waals surface area contributed by atoms with E-state index < -0.39 is 5.54 Å². The maximum absolute atomic E-state index is 11.9. The molecule has 7 heteroatoms. The van der Waals surface area contributed by atoms with E-state index in [-0.39, 0.29) is 12.5 Å². The molecule has 7 nitrogen and oxygen atoms in total. The van der Waals surface area contributed by atoms with Crippen molar-refractivity contribution in [2.45, 2.75) is 19.4 Å².